The molecule has 1 fully saturated rings. The van der Waals surface area contributed by atoms with Crippen molar-refractivity contribution >= 4 is 10.9 Å². The van der Waals surface area contributed by atoms with Gasteiger partial charge in [0.05, 0.1) is 5.52 Å². The third-order valence-corrected chi connectivity index (χ3v) is 5.19. The second-order valence-electron chi connectivity index (χ2n) is 6.99. The number of aromatic nitrogens is 3. The number of hydrogen-bond acceptors (Lipinski definition) is 4. The zero-order valence-corrected chi connectivity index (χ0v) is 15.3. The van der Waals surface area contributed by atoms with Crippen LogP contribution < -0.4 is 10.3 Å². The number of aryl methyl sites for hydroxylation is 2. The normalized spacial score (nSPS) is 16.2. The highest BCUT2D eigenvalue weighted by Gasteiger charge is 2.22. The average molecular weight is 352 g/mol. The first-order valence-electron chi connectivity index (χ1n) is 9.06. The van der Waals surface area contributed by atoms with Gasteiger partial charge in [-0.2, -0.15) is 5.10 Å². The van der Waals surface area contributed by atoms with Crippen molar-refractivity contribution in [2.45, 2.75) is 25.5 Å². The third-order valence-electron chi connectivity index (χ3n) is 5.19. The van der Waals surface area contributed by atoms with Gasteiger partial charge in [-0.05, 0) is 37.1 Å². The van der Waals surface area contributed by atoms with Crippen LogP contribution in [0.3, 0.4) is 0 Å². The van der Waals surface area contributed by atoms with Crippen LogP contribution in [-0.4, -0.2) is 38.4 Å². The molecule has 0 unspecified atom stereocenters. The van der Waals surface area contributed by atoms with Gasteiger partial charge in [-0.1, -0.05) is 6.07 Å². The summed E-state index contributed by atoms with van der Waals surface area (Å²) in [7, 11) is 3.74. The Balaban J connectivity index is 1.39. The quantitative estimate of drug-likeness (QED) is 0.723. The molecular formula is C20H24N4O2. The van der Waals surface area contributed by atoms with Crippen LogP contribution >= 0.6 is 0 Å². The number of fused-ring (bicyclic) bond motifs is 1. The fourth-order valence-electron chi connectivity index (χ4n) is 3.66. The Hall–Kier alpha value is -2.60. The average Bonchev–Trinajstić information content (AvgIpc) is 3.03. The van der Waals surface area contributed by atoms with Crippen LogP contribution in [0, 0.1) is 0 Å². The van der Waals surface area contributed by atoms with E-state index in [-0.39, 0.29) is 11.7 Å². The second-order valence-corrected chi connectivity index (χ2v) is 6.99. The van der Waals surface area contributed by atoms with E-state index in [0.717, 1.165) is 42.6 Å². The SMILES string of the molecule is Cn1nccc(CN2CCC(Oc3cccc4c3ccn4C)CC2)c1=O. The number of nitrogens with zero attached hydrogens (tertiary/aromatic N) is 4. The van der Waals surface area contributed by atoms with Gasteiger partial charge in [0.25, 0.3) is 5.56 Å². The van der Waals surface area contributed by atoms with E-state index >= 15 is 0 Å². The van der Waals surface area contributed by atoms with Gasteiger partial charge in [-0.3, -0.25) is 9.69 Å². The Bertz CT molecular complexity index is 967. The van der Waals surface area contributed by atoms with E-state index in [2.05, 4.69) is 39.0 Å². The molecule has 0 N–H and O–H groups in total. The molecule has 3 aromatic rings. The van der Waals surface area contributed by atoms with E-state index in [1.165, 1.54) is 10.2 Å². The van der Waals surface area contributed by atoms with Crippen LogP contribution in [0.4, 0.5) is 0 Å². The number of benzene rings is 1. The molecule has 0 radical (unpaired) electrons. The summed E-state index contributed by atoms with van der Waals surface area (Å²) in [5, 5.41) is 5.15. The fourth-order valence-corrected chi connectivity index (χ4v) is 3.66. The minimum atomic E-state index is -0.0124. The Morgan fingerprint density at radius 1 is 1.15 bits per heavy atom. The van der Waals surface area contributed by atoms with E-state index in [1.54, 1.807) is 13.2 Å². The summed E-state index contributed by atoms with van der Waals surface area (Å²) in [4.78, 5) is 14.4. The van der Waals surface area contributed by atoms with Crippen molar-refractivity contribution in [1.82, 2.24) is 19.2 Å². The van der Waals surface area contributed by atoms with Crippen molar-refractivity contribution in [3.63, 3.8) is 0 Å². The van der Waals surface area contributed by atoms with Gasteiger partial charge in [0.1, 0.15) is 11.9 Å². The maximum Gasteiger partial charge on any atom is 0.270 e. The van der Waals surface area contributed by atoms with Gasteiger partial charge in [-0.25, -0.2) is 4.68 Å². The van der Waals surface area contributed by atoms with Crippen molar-refractivity contribution in [3.05, 3.63) is 58.6 Å². The van der Waals surface area contributed by atoms with Gasteiger partial charge in [0.2, 0.25) is 0 Å². The highest BCUT2D eigenvalue weighted by atomic mass is 16.5. The largest absolute Gasteiger partial charge is 0.490 e. The maximum atomic E-state index is 12.1. The number of hydrogen-bond donors (Lipinski definition) is 0. The van der Waals surface area contributed by atoms with Crippen LogP contribution in [0.25, 0.3) is 10.9 Å². The van der Waals surface area contributed by atoms with Crippen LogP contribution in [0.1, 0.15) is 18.4 Å². The number of rotatable bonds is 4. The minimum absolute atomic E-state index is 0.0124. The molecule has 0 aliphatic carbocycles. The van der Waals surface area contributed by atoms with Gasteiger partial charge in [0, 0.05) is 57.1 Å². The van der Waals surface area contributed by atoms with Gasteiger partial charge in [0.15, 0.2) is 0 Å². The van der Waals surface area contributed by atoms with Gasteiger partial charge in [-0.15, -0.1) is 0 Å². The number of ether oxygens (including phenoxy) is 1. The van der Waals surface area contributed by atoms with Crippen molar-refractivity contribution in [2.75, 3.05) is 13.1 Å². The summed E-state index contributed by atoms with van der Waals surface area (Å²) < 4.78 is 9.81. The van der Waals surface area contributed by atoms with E-state index in [4.69, 9.17) is 4.74 Å². The lowest BCUT2D eigenvalue weighted by Gasteiger charge is -2.32. The Morgan fingerprint density at radius 2 is 1.96 bits per heavy atom. The van der Waals surface area contributed by atoms with Gasteiger partial charge >= 0.3 is 0 Å². The predicted octanol–water partition coefficient (Wildman–Crippen LogP) is 2.32. The minimum Gasteiger partial charge on any atom is -0.490 e. The van der Waals surface area contributed by atoms with Crippen LogP contribution in [0.15, 0.2) is 47.5 Å². The zero-order valence-electron chi connectivity index (χ0n) is 15.3. The van der Waals surface area contributed by atoms with E-state index < -0.39 is 0 Å². The first-order valence-corrected chi connectivity index (χ1v) is 9.06. The molecule has 4 rings (SSSR count). The molecule has 0 amide bonds. The van der Waals surface area contributed by atoms with E-state index in [0.29, 0.717) is 6.54 Å². The van der Waals surface area contributed by atoms with Crippen molar-refractivity contribution in [2.24, 2.45) is 14.1 Å². The lowest BCUT2D eigenvalue weighted by atomic mass is 10.1. The highest BCUT2D eigenvalue weighted by molar-refractivity contribution is 5.86. The predicted molar refractivity (Wildman–Crippen MR) is 101 cm³/mol. The van der Waals surface area contributed by atoms with E-state index in [9.17, 15) is 4.79 Å². The van der Waals surface area contributed by atoms with E-state index in [1.807, 2.05) is 19.2 Å². The van der Waals surface area contributed by atoms with Crippen molar-refractivity contribution in [1.29, 1.82) is 0 Å². The molecule has 2 aromatic heterocycles. The zero-order chi connectivity index (χ0) is 18.1. The summed E-state index contributed by atoms with van der Waals surface area (Å²) in [5.41, 5.74) is 1.98. The molecule has 0 atom stereocenters. The lowest BCUT2D eigenvalue weighted by Crippen LogP contribution is -2.39. The Morgan fingerprint density at radius 3 is 2.77 bits per heavy atom. The van der Waals surface area contributed by atoms with Crippen molar-refractivity contribution < 1.29 is 4.74 Å². The summed E-state index contributed by atoms with van der Waals surface area (Å²) in [5.74, 6) is 0.963. The monoisotopic (exact) mass is 352 g/mol. The third kappa shape index (κ3) is 3.24. The number of likely N-dealkylation sites (tertiary alicyclic amines) is 1. The molecule has 26 heavy (non-hydrogen) atoms. The molecule has 0 bridgehead atoms. The first kappa shape index (κ1) is 16.8. The molecule has 1 saturated heterocycles. The molecule has 1 aromatic carbocycles. The molecule has 3 heterocycles. The Labute approximate surface area is 152 Å². The summed E-state index contributed by atoms with van der Waals surface area (Å²) in [6.07, 6.45) is 5.91. The highest BCUT2D eigenvalue weighted by Crippen LogP contribution is 2.28. The molecule has 1 aliphatic heterocycles. The van der Waals surface area contributed by atoms with Crippen LogP contribution in [-0.2, 0) is 20.6 Å². The lowest BCUT2D eigenvalue weighted by molar-refractivity contribution is 0.0976. The summed E-state index contributed by atoms with van der Waals surface area (Å²) in [6, 6.07) is 10.1. The fraction of sp³-hybridized carbons (Fsp3) is 0.400. The molecule has 136 valence electrons. The second kappa shape index (κ2) is 6.96. The van der Waals surface area contributed by atoms with Gasteiger partial charge < -0.3 is 9.30 Å². The van der Waals surface area contributed by atoms with Crippen molar-refractivity contribution in [3.8, 4) is 5.75 Å². The number of piperidine rings is 1. The molecule has 1 aliphatic rings. The molecule has 0 saturated carbocycles. The Kier molecular flexibility index (Phi) is 4.51. The van der Waals surface area contributed by atoms with Crippen LogP contribution in [0.5, 0.6) is 5.75 Å². The standard InChI is InChI=1S/C20H24N4O2/c1-22-11-9-17-18(22)4-3-5-19(17)26-16-7-12-24(13-8-16)14-15-6-10-21-23(2)20(15)25/h3-6,9-11,16H,7-8,12-14H2,1-2H3. The molecule has 0 spiro atoms. The molecule has 6 nitrogen and oxygen atoms in total. The summed E-state index contributed by atoms with van der Waals surface area (Å²) >= 11 is 0. The van der Waals surface area contributed by atoms with Crippen LogP contribution in [0.2, 0.25) is 0 Å². The summed E-state index contributed by atoms with van der Waals surface area (Å²) in [6.45, 7) is 2.54. The first-order chi connectivity index (χ1) is 12.6. The topological polar surface area (TPSA) is 52.3 Å². The molecular weight excluding hydrogens is 328 g/mol. The maximum absolute atomic E-state index is 12.1. The smallest absolute Gasteiger partial charge is 0.270 e. The molecule has 6 heteroatoms.